The van der Waals surface area contributed by atoms with Gasteiger partial charge < -0.3 is 9.84 Å². The van der Waals surface area contributed by atoms with Gasteiger partial charge in [-0.1, -0.05) is 6.92 Å². The normalized spacial score (nSPS) is 10.6. The molecule has 8 heteroatoms. The number of nitro groups is 1. The van der Waals surface area contributed by atoms with E-state index in [9.17, 15) is 20.0 Å². The van der Waals surface area contributed by atoms with Crippen LogP contribution in [0, 0.1) is 10.1 Å². The number of methoxy groups -OCH3 is 1. The number of aromatic carboxylic acids is 1. The Balaban J connectivity index is 2.22. The van der Waals surface area contributed by atoms with Crippen molar-refractivity contribution in [1.82, 2.24) is 9.78 Å². The summed E-state index contributed by atoms with van der Waals surface area (Å²) in [5.41, 5.74) is 2.43. The number of non-ortho nitro benzene ring substituents is 1. The van der Waals surface area contributed by atoms with E-state index in [2.05, 4.69) is 5.10 Å². The predicted octanol–water partition coefficient (Wildman–Crippen LogP) is 3.72. The van der Waals surface area contributed by atoms with Gasteiger partial charge in [-0.15, -0.1) is 0 Å². The first-order valence-corrected chi connectivity index (χ1v) is 8.20. The average molecular weight is 367 g/mol. The molecule has 3 rings (SSSR count). The van der Waals surface area contributed by atoms with E-state index in [1.807, 2.05) is 19.1 Å². The zero-order chi connectivity index (χ0) is 19.6. The molecule has 0 saturated carbocycles. The second kappa shape index (κ2) is 7.28. The van der Waals surface area contributed by atoms with Crippen LogP contribution >= 0.6 is 0 Å². The van der Waals surface area contributed by atoms with Crippen LogP contribution in [-0.4, -0.2) is 32.9 Å². The second-order valence-corrected chi connectivity index (χ2v) is 5.75. The van der Waals surface area contributed by atoms with Crippen LogP contribution in [0.1, 0.15) is 23.0 Å². The monoisotopic (exact) mass is 367 g/mol. The summed E-state index contributed by atoms with van der Waals surface area (Å²) in [7, 11) is 1.57. The summed E-state index contributed by atoms with van der Waals surface area (Å²) in [6, 6.07) is 13.0. The third kappa shape index (κ3) is 3.37. The molecule has 0 aliphatic heterocycles. The van der Waals surface area contributed by atoms with E-state index in [4.69, 9.17) is 4.74 Å². The number of hydrogen-bond donors (Lipinski definition) is 1. The topological polar surface area (TPSA) is 107 Å². The molecule has 0 bridgehead atoms. The van der Waals surface area contributed by atoms with Crippen LogP contribution in [-0.2, 0) is 6.42 Å². The molecule has 0 unspecified atom stereocenters. The number of carboxylic acids is 1. The number of carboxylic acid groups (broad SMARTS) is 1. The molecule has 138 valence electrons. The quantitative estimate of drug-likeness (QED) is 0.525. The number of aromatic nitrogens is 2. The summed E-state index contributed by atoms with van der Waals surface area (Å²) >= 11 is 0. The van der Waals surface area contributed by atoms with Gasteiger partial charge in [0, 0.05) is 23.3 Å². The highest BCUT2D eigenvalue weighted by Crippen LogP contribution is 2.31. The number of hydrogen-bond acceptors (Lipinski definition) is 5. The highest BCUT2D eigenvalue weighted by molar-refractivity contribution is 5.90. The Bertz CT molecular complexity index is 991. The molecule has 0 fully saturated rings. The SMILES string of the molecule is CCc1c(C(=O)O)nn(-c2ccc([N+](=O)[O-])cc2)c1-c1ccc(OC)cc1. The number of carbonyl (C=O) groups is 1. The van der Waals surface area contributed by atoms with Gasteiger partial charge in [0.15, 0.2) is 5.69 Å². The first kappa shape index (κ1) is 18.1. The molecule has 0 amide bonds. The third-order valence-electron chi connectivity index (χ3n) is 4.21. The fourth-order valence-electron chi connectivity index (χ4n) is 2.90. The minimum absolute atomic E-state index is 0.0401. The van der Waals surface area contributed by atoms with E-state index in [0.717, 1.165) is 5.56 Å². The fraction of sp³-hybridized carbons (Fsp3) is 0.158. The summed E-state index contributed by atoms with van der Waals surface area (Å²) in [5, 5.41) is 24.7. The van der Waals surface area contributed by atoms with Crippen molar-refractivity contribution in [3.63, 3.8) is 0 Å². The van der Waals surface area contributed by atoms with Crippen LogP contribution < -0.4 is 4.74 Å². The molecule has 0 atom stereocenters. The molecule has 2 aromatic carbocycles. The number of rotatable bonds is 6. The van der Waals surface area contributed by atoms with Crippen molar-refractivity contribution in [3.05, 3.63) is 69.9 Å². The molecule has 3 aromatic rings. The first-order valence-electron chi connectivity index (χ1n) is 8.20. The molecular weight excluding hydrogens is 350 g/mol. The standard InChI is InChI=1S/C19H17N3O5/c1-3-16-17(19(23)24)20-21(13-6-8-14(9-7-13)22(25)26)18(16)12-4-10-15(27-2)11-5-12/h4-11H,3H2,1-2H3,(H,23,24). The van der Waals surface area contributed by atoms with Gasteiger partial charge in [-0.25, -0.2) is 9.48 Å². The summed E-state index contributed by atoms with van der Waals surface area (Å²) in [6.07, 6.45) is 0.468. The van der Waals surface area contributed by atoms with Gasteiger partial charge in [0.05, 0.1) is 23.4 Å². The van der Waals surface area contributed by atoms with Crippen LogP contribution in [0.5, 0.6) is 5.75 Å². The van der Waals surface area contributed by atoms with Gasteiger partial charge in [-0.2, -0.15) is 5.10 Å². The van der Waals surface area contributed by atoms with E-state index >= 15 is 0 Å². The number of ether oxygens (including phenoxy) is 1. The van der Waals surface area contributed by atoms with E-state index < -0.39 is 10.9 Å². The molecule has 8 nitrogen and oxygen atoms in total. The lowest BCUT2D eigenvalue weighted by Gasteiger charge is -2.10. The van der Waals surface area contributed by atoms with E-state index in [0.29, 0.717) is 29.1 Å². The Labute approximate surface area is 154 Å². The zero-order valence-electron chi connectivity index (χ0n) is 14.7. The van der Waals surface area contributed by atoms with Crippen molar-refractivity contribution in [2.75, 3.05) is 7.11 Å². The van der Waals surface area contributed by atoms with Crippen LogP contribution in [0.25, 0.3) is 16.9 Å². The van der Waals surface area contributed by atoms with Gasteiger partial charge in [-0.05, 0) is 42.8 Å². The molecule has 1 aromatic heterocycles. The maximum atomic E-state index is 11.7. The van der Waals surface area contributed by atoms with Gasteiger partial charge in [0.1, 0.15) is 5.75 Å². The molecule has 0 aliphatic rings. The van der Waals surface area contributed by atoms with Gasteiger partial charge in [0.2, 0.25) is 0 Å². The first-order chi connectivity index (χ1) is 13.0. The Morgan fingerprint density at radius 1 is 1.19 bits per heavy atom. The van der Waals surface area contributed by atoms with Crippen molar-refractivity contribution in [2.45, 2.75) is 13.3 Å². The molecular formula is C19H17N3O5. The lowest BCUT2D eigenvalue weighted by atomic mass is 10.0. The van der Waals surface area contributed by atoms with Gasteiger partial charge >= 0.3 is 5.97 Å². The van der Waals surface area contributed by atoms with Crippen LogP contribution in [0.4, 0.5) is 5.69 Å². The Kier molecular flexibility index (Phi) is 4.89. The zero-order valence-corrected chi connectivity index (χ0v) is 14.7. The van der Waals surface area contributed by atoms with Crippen molar-refractivity contribution in [2.24, 2.45) is 0 Å². The largest absolute Gasteiger partial charge is 0.497 e. The summed E-state index contributed by atoms with van der Waals surface area (Å²) in [4.78, 5) is 22.1. The van der Waals surface area contributed by atoms with Crippen LogP contribution in [0.15, 0.2) is 48.5 Å². The second-order valence-electron chi connectivity index (χ2n) is 5.75. The molecule has 0 spiro atoms. The molecule has 0 saturated heterocycles. The summed E-state index contributed by atoms with van der Waals surface area (Å²) in [5.74, 6) is -0.445. The number of nitro benzene ring substituents is 1. The van der Waals surface area contributed by atoms with E-state index in [-0.39, 0.29) is 11.4 Å². The number of nitrogens with zero attached hydrogens (tertiary/aromatic N) is 3. The van der Waals surface area contributed by atoms with Gasteiger partial charge in [0.25, 0.3) is 5.69 Å². The van der Waals surface area contributed by atoms with E-state index in [1.54, 1.807) is 31.4 Å². The van der Waals surface area contributed by atoms with Crippen molar-refractivity contribution >= 4 is 11.7 Å². The predicted molar refractivity (Wildman–Crippen MR) is 98.5 cm³/mol. The Morgan fingerprint density at radius 2 is 1.81 bits per heavy atom. The smallest absolute Gasteiger partial charge is 0.356 e. The Morgan fingerprint density at radius 3 is 2.30 bits per heavy atom. The van der Waals surface area contributed by atoms with Crippen molar-refractivity contribution in [1.29, 1.82) is 0 Å². The average Bonchev–Trinajstić information content (AvgIpc) is 3.08. The maximum Gasteiger partial charge on any atom is 0.356 e. The Hall–Kier alpha value is -3.68. The third-order valence-corrected chi connectivity index (χ3v) is 4.21. The van der Waals surface area contributed by atoms with Crippen LogP contribution in [0.2, 0.25) is 0 Å². The lowest BCUT2D eigenvalue weighted by Crippen LogP contribution is -2.02. The van der Waals surface area contributed by atoms with Crippen molar-refractivity contribution < 1.29 is 19.6 Å². The molecule has 0 radical (unpaired) electrons. The lowest BCUT2D eigenvalue weighted by molar-refractivity contribution is -0.384. The summed E-state index contributed by atoms with van der Waals surface area (Å²) < 4.78 is 6.68. The molecule has 0 aliphatic carbocycles. The highest BCUT2D eigenvalue weighted by atomic mass is 16.6. The molecule has 1 N–H and O–H groups in total. The summed E-state index contributed by atoms with van der Waals surface area (Å²) in [6.45, 7) is 1.86. The molecule has 1 heterocycles. The van der Waals surface area contributed by atoms with Crippen molar-refractivity contribution in [3.8, 4) is 22.7 Å². The van der Waals surface area contributed by atoms with Crippen LogP contribution in [0.3, 0.4) is 0 Å². The number of benzene rings is 2. The highest BCUT2D eigenvalue weighted by Gasteiger charge is 2.23. The fourth-order valence-corrected chi connectivity index (χ4v) is 2.90. The molecule has 27 heavy (non-hydrogen) atoms. The van der Waals surface area contributed by atoms with E-state index in [1.165, 1.54) is 16.8 Å². The van der Waals surface area contributed by atoms with Gasteiger partial charge in [-0.3, -0.25) is 10.1 Å². The maximum absolute atomic E-state index is 11.7. The minimum Gasteiger partial charge on any atom is -0.497 e. The minimum atomic E-state index is -1.12.